The zero-order valence-corrected chi connectivity index (χ0v) is 18.5. The van der Waals surface area contributed by atoms with E-state index in [1.165, 1.54) is 31.5 Å². The van der Waals surface area contributed by atoms with Gasteiger partial charge in [0.1, 0.15) is 11.5 Å². The molecule has 1 saturated heterocycles. The van der Waals surface area contributed by atoms with E-state index in [-0.39, 0.29) is 16.5 Å². The molecule has 4 aromatic rings. The van der Waals surface area contributed by atoms with Gasteiger partial charge in [-0.1, -0.05) is 31.5 Å². The van der Waals surface area contributed by atoms with Crippen LogP contribution < -0.4 is 16.1 Å². The number of rotatable bonds is 3. The number of hydrogen-bond donors (Lipinski definition) is 2. The van der Waals surface area contributed by atoms with Gasteiger partial charge in [0.15, 0.2) is 5.43 Å². The molecule has 1 aromatic carbocycles. The molecular weight excluding hydrogens is 414 g/mol. The number of para-hydroxylation sites is 1. The molecule has 0 bridgehead atoms. The van der Waals surface area contributed by atoms with E-state index in [2.05, 4.69) is 27.9 Å². The number of nitrogens with two attached hydrogens (primary N) is 1. The molecule has 2 atom stereocenters. The number of hydrogen-bond acceptors (Lipinski definition) is 5. The van der Waals surface area contributed by atoms with E-state index in [9.17, 15) is 9.59 Å². The summed E-state index contributed by atoms with van der Waals surface area (Å²) in [5.74, 6) is 0.839. The minimum atomic E-state index is -0.719. The fraction of sp³-hybridized carbons (Fsp3) is 0.308. The second kappa shape index (κ2) is 7.13. The highest BCUT2D eigenvalue weighted by atomic mass is 16.1. The fourth-order valence-electron chi connectivity index (χ4n) is 5.83. The SMILES string of the molecule is C[C@]12CCC[C@@H]1CN(c1nc3ccccc3cc1-c1cc(=O)c3c(C(N)=O)nccc3[nH]1)C2. The van der Waals surface area contributed by atoms with Crippen molar-refractivity contribution in [2.24, 2.45) is 17.1 Å². The number of amides is 1. The predicted octanol–water partition coefficient (Wildman–Crippen LogP) is 3.86. The van der Waals surface area contributed by atoms with Crippen molar-refractivity contribution in [3.63, 3.8) is 0 Å². The summed E-state index contributed by atoms with van der Waals surface area (Å²) in [6, 6.07) is 13.4. The van der Waals surface area contributed by atoms with E-state index in [0.29, 0.717) is 22.5 Å². The van der Waals surface area contributed by atoms with Crippen LogP contribution in [0, 0.1) is 11.3 Å². The number of anilines is 1. The molecule has 0 unspecified atom stereocenters. The summed E-state index contributed by atoms with van der Waals surface area (Å²) in [4.78, 5) is 39.7. The van der Waals surface area contributed by atoms with Crippen LogP contribution in [0.2, 0.25) is 0 Å². The quantitative estimate of drug-likeness (QED) is 0.504. The Morgan fingerprint density at radius 1 is 1.24 bits per heavy atom. The molecule has 1 amide bonds. The van der Waals surface area contributed by atoms with Crippen molar-refractivity contribution in [1.82, 2.24) is 15.0 Å². The molecule has 1 saturated carbocycles. The van der Waals surface area contributed by atoms with Crippen molar-refractivity contribution < 1.29 is 4.79 Å². The number of aromatic amines is 1. The maximum atomic E-state index is 13.1. The highest BCUT2D eigenvalue weighted by Gasteiger charge is 2.46. The van der Waals surface area contributed by atoms with Gasteiger partial charge in [0.2, 0.25) is 0 Å². The Labute approximate surface area is 190 Å². The van der Waals surface area contributed by atoms with E-state index in [0.717, 1.165) is 35.4 Å². The normalized spacial score (nSPS) is 22.2. The molecule has 1 aliphatic heterocycles. The van der Waals surface area contributed by atoms with Gasteiger partial charge < -0.3 is 15.6 Å². The van der Waals surface area contributed by atoms with Crippen LogP contribution in [0.5, 0.6) is 0 Å². The van der Waals surface area contributed by atoms with E-state index in [1.807, 2.05) is 24.3 Å². The Morgan fingerprint density at radius 3 is 2.91 bits per heavy atom. The smallest absolute Gasteiger partial charge is 0.268 e. The Bertz CT molecular complexity index is 1490. The van der Waals surface area contributed by atoms with Crippen LogP contribution in [0.15, 0.2) is 53.5 Å². The number of fused-ring (bicyclic) bond motifs is 3. The summed E-state index contributed by atoms with van der Waals surface area (Å²) in [5, 5.41) is 1.22. The molecule has 0 radical (unpaired) electrons. The van der Waals surface area contributed by atoms with Gasteiger partial charge in [-0.2, -0.15) is 0 Å². The van der Waals surface area contributed by atoms with Crippen LogP contribution >= 0.6 is 0 Å². The standard InChI is InChI=1S/C26H25N5O2/c1-26-9-4-6-16(26)13-31(14-26)25-17(11-15-5-2-3-7-18(15)30-25)20-12-21(32)22-19(29-20)8-10-28-23(22)24(27)33/h2-3,5,7-8,10-12,16H,4,6,9,13-14H2,1H3,(H2,27,33)(H,29,32)/t16-,26-/m1/s1. The summed E-state index contributed by atoms with van der Waals surface area (Å²) < 4.78 is 0. The molecule has 33 heavy (non-hydrogen) atoms. The first kappa shape index (κ1) is 19.9. The molecule has 7 nitrogen and oxygen atoms in total. The van der Waals surface area contributed by atoms with Gasteiger partial charge >= 0.3 is 0 Å². The van der Waals surface area contributed by atoms with Crippen LogP contribution in [0.1, 0.15) is 36.7 Å². The van der Waals surface area contributed by atoms with Gasteiger partial charge in [0.05, 0.1) is 22.1 Å². The lowest BCUT2D eigenvalue weighted by molar-refractivity contribution is 0.0997. The summed E-state index contributed by atoms with van der Waals surface area (Å²) in [5.41, 5.74) is 8.48. The number of benzene rings is 1. The first-order valence-corrected chi connectivity index (χ1v) is 11.4. The highest BCUT2D eigenvalue weighted by molar-refractivity contribution is 6.04. The number of carbonyl (C=O) groups is 1. The number of aromatic nitrogens is 3. The Balaban J connectivity index is 1.56. The molecule has 3 N–H and O–H groups in total. The topological polar surface area (TPSA) is 105 Å². The fourth-order valence-corrected chi connectivity index (χ4v) is 5.83. The molecular formula is C26H25N5O2. The Hall–Kier alpha value is -3.74. The summed E-state index contributed by atoms with van der Waals surface area (Å²) in [7, 11) is 0. The van der Waals surface area contributed by atoms with Crippen LogP contribution in [-0.4, -0.2) is 33.9 Å². The number of nitrogens with one attached hydrogen (secondary N) is 1. The lowest BCUT2D eigenvalue weighted by atomic mass is 9.83. The second-order valence-electron chi connectivity index (χ2n) is 9.67. The maximum Gasteiger partial charge on any atom is 0.268 e. The lowest BCUT2D eigenvalue weighted by Crippen LogP contribution is -2.25. The van der Waals surface area contributed by atoms with Crippen molar-refractivity contribution in [2.45, 2.75) is 26.2 Å². The minimum Gasteiger partial charge on any atom is -0.364 e. The Kier molecular flexibility index (Phi) is 4.30. The number of carbonyl (C=O) groups excluding carboxylic acids is 1. The molecule has 2 aliphatic rings. The highest BCUT2D eigenvalue weighted by Crippen LogP contribution is 2.50. The van der Waals surface area contributed by atoms with E-state index < -0.39 is 5.91 Å². The first-order valence-electron chi connectivity index (χ1n) is 11.4. The number of pyridine rings is 3. The molecule has 1 aliphatic carbocycles. The van der Waals surface area contributed by atoms with E-state index >= 15 is 0 Å². The van der Waals surface area contributed by atoms with E-state index in [1.54, 1.807) is 6.07 Å². The third-order valence-electron chi connectivity index (χ3n) is 7.55. The van der Waals surface area contributed by atoms with E-state index in [4.69, 9.17) is 10.7 Å². The average molecular weight is 440 g/mol. The van der Waals surface area contributed by atoms with Crippen molar-refractivity contribution in [3.05, 3.63) is 64.6 Å². The summed E-state index contributed by atoms with van der Waals surface area (Å²) in [6.45, 7) is 4.33. The van der Waals surface area contributed by atoms with Crippen LogP contribution in [0.25, 0.3) is 33.1 Å². The van der Waals surface area contributed by atoms with Crippen LogP contribution in [-0.2, 0) is 0 Å². The third-order valence-corrected chi connectivity index (χ3v) is 7.55. The largest absolute Gasteiger partial charge is 0.364 e. The zero-order valence-electron chi connectivity index (χ0n) is 18.5. The molecule has 3 aromatic heterocycles. The predicted molar refractivity (Wildman–Crippen MR) is 129 cm³/mol. The van der Waals surface area contributed by atoms with Crippen molar-refractivity contribution in [1.29, 1.82) is 0 Å². The molecule has 166 valence electrons. The summed E-state index contributed by atoms with van der Waals surface area (Å²) >= 11 is 0. The van der Waals surface area contributed by atoms with Gasteiger partial charge in [-0.15, -0.1) is 0 Å². The molecule has 0 spiro atoms. The van der Waals surface area contributed by atoms with Gasteiger partial charge in [-0.3, -0.25) is 14.6 Å². The summed E-state index contributed by atoms with van der Waals surface area (Å²) in [6.07, 6.45) is 5.28. The van der Waals surface area contributed by atoms with Gasteiger partial charge in [-0.05, 0) is 42.4 Å². The zero-order chi connectivity index (χ0) is 22.7. The number of primary amides is 1. The van der Waals surface area contributed by atoms with Crippen LogP contribution in [0.4, 0.5) is 5.82 Å². The molecule has 2 fully saturated rings. The van der Waals surface area contributed by atoms with Crippen LogP contribution in [0.3, 0.4) is 0 Å². The third kappa shape index (κ3) is 3.10. The first-order chi connectivity index (χ1) is 15.9. The average Bonchev–Trinajstić information content (AvgIpc) is 3.32. The maximum absolute atomic E-state index is 13.1. The molecule has 4 heterocycles. The molecule has 6 rings (SSSR count). The second-order valence-corrected chi connectivity index (χ2v) is 9.67. The van der Waals surface area contributed by atoms with Gasteiger partial charge in [-0.25, -0.2) is 4.98 Å². The number of H-pyrrole nitrogens is 1. The van der Waals surface area contributed by atoms with Crippen molar-refractivity contribution in [2.75, 3.05) is 18.0 Å². The number of nitrogens with zero attached hydrogens (tertiary/aromatic N) is 3. The lowest BCUT2D eigenvalue weighted by Gasteiger charge is -2.25. The molecule has 7 heteroatoms. The monoisotopic (exact) mass is 439 g/mol. The van der Waals surface area contributed by atoms with Crippen molar-refractivity contribution in [3.8, 4) is 11.3 Å². The van der Waals surface area contributed by atoms with Gasteiger partial charge in [0.25, 0.3) is 5.91 Å². The minimum absolute atomic E-state index is 0.0162. The van der Waals surface area contributed by atoms with Gasteiger partial charge in [0, 0.05) is 36.3 Å². The Morgan fingerprint density at radius 2 is 2.09 bits per heavy atom. The van der Waals surface area contributed by atoms with Crippen molar-refractivity contribution >= 4 is 33.5 Å².